The lowest BCUT2D eigenvalue weighted by Gasteiger charge is -2.39. The molecule has 0 amide bonds. The van der Waals surface area contributed by atoms with Crippen LogP contribution in [-0.4, -0.2) is 8.07 Å². The highest BCUT2D eigenvalue weighted by Crippen LogP contribution is 2.39. The molecule has 5 aromatic carbocycles. The Morgan fingerprint density at radius 3 is 1.88 bits per heavy atom. The van der Waals surface area contributed by atoms with E-state index in [4.69, 9.17) is 9.15 Å². The van der Waals surface area contributed by atoms with Crippen LogP contribution in [0, 0.1) is 0 Å². The molecule has 0 spiro atoms. The Morgan fingerprint density at radius 1 is 0.485 bits per heavy atom. The highest BCUT2D eigenvalue weighted by Gasteiger charge is 2.48. The fourth-order valence-electron chi connectivity index (χ4n) is 5.45. The van der Waals surface area contributed by atoms with Crippen molar-refractivity contribution in [1.82, 2.24) is 0 Å². The quantitative estimate of drug-likeness (QED) is 0.350. The molecule has 1 aromatic heterocycles. The molecule has 0 unspecified atom stereocenters. The highest BCUT2D eigenvalue weighted by molar-refractivity contribution is 7.20. The van der Waals surface area contributed by atoms with Crippen molar-refractivity contribution >= 4 is 50.8 Å². The molecule has 33 heavy (non-hydrogen) atoms. The van der Waals surface area contributed by atoms with E-state index >= 15 is 0 Å². The molecule has 1 aliphatic rings. The summed E-state index contributed by atoms with van der Waals surface area (Å²) in [5, 5.41) is 7.38. The monoisotopic (exact) mass is 440 g/mol. The largest absolute Gasteiger partial charge is 0.454 e. The molecule has 0 N–H and O–H groups in total. The van der Waals surface area contributed by atoms with Crippen LogP contribution in [0.2, 0.25) is 0 Å². The van der Waals surface area contributed by atoms with Crippen molar-refractivity contribution in [3.63, 3.8) is 0 Å². The van der Waals surface area contributed by atoms with Crippen LogP contribution in [0.25, 0.3) is 21.9 Å². The zero-order valence-electron chi connectivity index (χ0n) is 17.9. The van der Waals surface area contributed by atoms with Gasteiger partial charge in [0.05, 0.1) is 0 Å². The molecule has 0 bridgehead atoms. The van der Waals surface area contributed by atoms with E-state index < -0.39 is 8.07 Å². The maximum atomic E-state index is 6.66. The number of benzene rings is 5. The molecule has 7 rings (SSSR count). The van der Waals surface area contributed by atoms with Crippen LogP contribution in [0.15, 0.2) is 126 Å². The average molecular weight is 441 g/mol. The fraction of sp³-hybridized carbons (Fsp3) is 0. The van der Waals surface area contributed by atoms with Crippen molar-refractivity contribution in [2.75, 3.05) is 0 Å². The molecular formula is C30H20O2Si. The van der Waals surface area contributed by atoms with E-state index in [2.05, 4.69) is 109 Å². The summed E-state index contributed by atoms with van der Waals surface area (Å²) in [5.74, 6) is 1.76. The summed E-state index contributed by atoms with van der Waals surface area (Å²) in [4.78, 5) is 0. The van der Waals surface area contributed by atoms with E-state index in [0.717, 1.165) is 33.4 Å². The van der Waals surface area contributed by atoms with E-state index in [-0.39, 0.29) is 0 Å². The zero-order valence-corrected chi connectivity index (χ0v) is 18.9. The van der Waals surface area contributed by atoms with Gasteiger partial charge in [-0.2, -0.15) is 0 Å². The van der Waals surface area contributed by atoms with Gasteiger partial charge in [0.25, 0.3) is 0 Å². The summed E-state index contributed by atoms with van der Waals surface area (Å²) >= 11 is 0. The van der Waals surface area contributed by atoms with E-state index in [9.17, 15) is 0 Å². The number of furan rings is 1. The molecular weight excluding hydrogens is 420 g/mol. The minimum Gasteiger partial charge on any atom is -0.454 e. The van der Waals surface area contributed by atoms with Crippen LogP contribution in [0.1, 0.15) is 0 Å². The maximum absolute atomic E-state index is 6.66. The molecule has 0 radical (unpaired) electrons. The number of rotatable bonds is 2. The second-order valence-corrected chi connectivity index (χ2v) is 12.2. The smallest absolute Gasteiger partial charge is 0.188 e. The third-order valence-corrected chi connectivity index (χ3v) is 11.6. The molecule has 6 aromatic rings. The lowest BCUT2D eigenvalue weighted by Crippen LogP contribution is -2.76. The second-order valence-electron chi connectivity index (χ2n) is 8.50. The van der Waals surface area contributed by atoms with Gasteiger partial charge in [-0.15, -0.1) is 0 Å². The van der Waals surface area contributed by atoms with Crippen LogP contribution in [0.3, 0.4) is 0 Å². The standard InChI is InChI=1S/C30H20O2Si/c1-3-11-21(12-4-1)33(22-13-5-2-6-14-22)27-18-10-9-17-26(27)32-30-28(33)20-19-24-23-15-7-8-16-25(23)31-29(24)30/h1-20H. The van der Waals surface area contributed by atoms with E-state index in [1.165, 1.54) is 20.7 Å². The number of para-hydroxylation sites is 2. The van der Waals surface area contributed by atoms with Gasteiger partial charge in [0.15, 0.2) is 19.4 Å². The van der Waals surface area contributed by atoms with Crippen LogP contribution >= 0.6 is 0 Å². The van der Waals surface area contributed by atoms with Crippen LogP contribution in [0.4, 0.5) is 0 Å². The van der Waals surface area contributed by atoms with E-state index in [1.54, 1.807) is 0 Å². The first kappa shape index (κ1) is 18.5. The normalized spacial score (nSPS) is 13.9. The molecule has 2 heterocycles. The molecule has 156 valence electrons. The number of ether oxygens (including phenoxy) is 1. The highest BCUT2D eigenvalue weighted by atomic mass is 28.3. The molecule has 0 fully saturated rings. The summed E-state index contributed by atoms with van der Waals surface area (Å²) in [6.07, 6.45) is 0. The maximum Gasteiger partial charge on any atom is 0.188 e. The molecule has 0 aliphatic carbocycles. The SMILES string of the molecule is c1ccc([Si]2(c3ccccc3)c3ccccc3Oc3c2ccc2c3oc3ccccc32)cc1. The van der Waals surface area contributed by atoms with Gasteiger partial charge in [-0.05, 0) is 27.7 Å². The first-order valence-corrected chi connectivity index (χ1v) is 13.2. The molecule has 1 aliphatic heterocycles. The molecule has 2 nitrogen and oxygen atoms in total. The number of fused-ring (bicyclic) bond motifs is 6. The summed E-state index contributed by atoms with van der Waals surface area (Å²) < 4.78 is 13.1. The van der Waals surface area contributed by atoms with Gasteiger partial charge >= 0.3 is 0 Å². The van der Waals surface area contributed by atoms with Gasteiger partial charge in [-0.1, -0.05) is 109 Å². The molecule has 3 heteroatoms. The van der Waals surface area contributed by atoms with E-state index in [0.29, 0.717) is 0 Å². The van der Waals surface area contributed by atoms with Crippen LogP contribution in [-0.2, 0) is 0 Å². The van der Waals surface area contributed by atoms with Crippen molar-refractivity contribution in [2.24, 2.45) is 0 Å². The first-order chi connectivity index (χ1) is 16.4. The Labute approximate surface area is 192 Å². The Kier molecular flexibility index (Phi) is 3.90. The summed E-state index contributed by atoms with van der Waals surface area (Å²) in [6.45, 7) is 0. The first-order valence-electron chi connectivity index (χ1n) is 11.2. The van der Waals surface area contributed by atoms with Crippen molar-refractivity contribution < 1.29 is 9.15 Å². The number of hydrogen-bond donors (Lipinski definition) is 0. The van der Waals surface area contributed by atoms with Gasteiger partial charge in [0.1, 0.15) is 11.3 Å². The number of hydrogen-bond acceptors (Lipinski definition) is 2. The lowest BCUT2D eigenvalue weighted by molar-refractivity contribution is 0.480. The van der Waals surface area contributed by atoms with Crippen molar-refractivity contribution in [3.8, 4) is 11.5 Å². The predicted octanol–water partition coefficient (Wildman–Crippen LogP) is 5.07. The minimum atomic E-state index is -2.63. The topological polar surface area (TPSA) is 22.4 Å². The second kappa shape index (κ2) is 6.96. The van der Waals surface area contributed by atoms with Crippen molar-refractivity contribution in [2.45, 2.75) is 0 Å². The third kappa shape index (κ3) is 2.48. The third-order valence-electron chi connectivity index (χ3n) is 6.82. The van der Waals surface area contributed by atoms with E-state index in [1.807, 2.05) is 12.1 Å². The lowest BCUT2D eigenvalue weighted by atomic mass is 10.1. The van der Waals surface area contributed by atoms with Crippen molar-refractivity contribution in [1.29, 1.82) is 0 Å². The average Bonchev–Trinajstić information content (AvgIpc) is 3.28. The summed E-state index contributed by atoms with van der Waals surface area (Å²) in [5.41, 5.74) is 1.71. The molecule has 0 atom stereocenters. The Hall–Kier alpha value is -4.08. The molecule has 0 saturated carbocycles. The van der Waals surface area contributed by atoms with Gasteiger partial charge in [-0.25, -0.2) is 0 Å². The van der Waals surface area contributed by atoms with Gasteiger partial charge in [0.2, 0.25) is 0 Å². The van der Waals surface area contributed by atoms with Gasteiger partial charge < -0.3 is 9.15 Å². The van der Waals surface area contributed by atoms with Crippen molar-refractivity contribution in [3.05, 3.63) is 121 Å². The Balaban J connectivity index is 1.68. The molecule has 0 saturated heterocycles. The predicted molar refractivity (Wildman–Crippen MR) is 137 cm³/mol. The van der Waals surface area contributed by atoms with Gasteiger partial charge in [-0.3, -0.25) is 0 Å². The van der Waals surface area contributed by atoms with Crippen LogP contribution < -0.4 is 25.5 Å². The van der Waals surface area contributed by atoms with Gasteiger partial charge in [0, 0.05) is 16.0 Å². The fourth-order valence-corrected chi connectivity index (χ4v) is 10.4. The Morgan fingerprint density at radius 2 is 1.12 bits per heavy atom. The minimum absolute atomic E-state index is 0.826. The summed E-state index contributed by atoms with van der Waals surface area (Å²) in [6, 6.07) is 43.1. The summed E-state index contributed by atoms with van der Waals surface area (Å²) in [7, 11) is -2.63. The zero-order chi connectivity index (χ0) is 21.8. The van der Waals surface area contributed by atoms with Crippen LogP contribution in [0.5, 0.6) is 11.5 Å². The Bertz CT molecular complexity index is 1600.